The van der Waals surface area contributed by atoms with Gasteiger partial charge in [0.05, 0.1) is 18.8 Å². The van der Waals surface area contributed by atoms with Gasteiger partial charge in [-0.25, -0.2) is 0 Å². The Morgan fingerprint density at radius 3 is 1.29 bits per heavy atom. The van der Waals surface area contributed by atoms with Crippen molar-refractivity contribution in [2.45, 2.75) is 78.1 Å². The molecule has 0 nitrogen and oxygen atoms in total. The lowest BCUT2D eigenvalue weighted by Crippen LogP contribution is -1.80. The third-order valence-corrected chi connectivity index (χ3v) is 14.4. The van der Waals surface area contributed by atoms with E-state index >= 15 is 0 Å². The quantitative estimate of drug-likeness (QED) is 0.139. The third-order valence-electron chi connectivity index (χ3n) is 6.54. The molecule has 6 heteroatoms. The highest BCUT2D eigenvalue weighted by atomic mass is 32.1. The number of unbranched alkanes of at least 4 members (excludes halogenated alkanes) is 6. The molecule has 0 amide bonds. The average molecular weight is 559 g/mol. The Balaban J connectivity index is 1.25. The lowest BCUT2D eigenvalue weighted by Gasteiger charge is -1.96. The number of hydrogen-bond donors (Lipinski definition) is 0. The molecule has 34 heavy (non-hydrogen) atoms. The van der Waals surface area contributed by atoms with Crippen molar-refractivity contribution >= 4 is 106 Å². The second-order valence-electron chi connectivity index (χ2n) is 9.25. The molecule has 178 valence electrons. The summed E-state index contributed by atoms with van der Waals surface area (Å²) in [7, 11) is 0. The molecule has 0 fully saturated rings. The van der Waals surface area contributed by atoms with Crippen LogP contribution >= 0.6 is 68.0 Å². The van der Waals surface area contributed by atoms with E-state index in [0.717, 1.165) is 0 Å². The number of fused-ring (bicyclic) bond motifs is 6. The first-order valence-corrected chi connectivity index (χ1v) is 17.5. The van der Waals surface area contributed by atoms with Gasteiger partial charge in [0.25, 0.3) is 0 Å². The first-order chi connectivity index (χ1) is 16.7. The largest absolute Gasteiger partial charge is 0.138 e. The van der Waals surface area contributed by atoms with E-state index in [1.54, 1.807) is 9.75 Å². The van der Waals surface area contributed by atoms with E-state index in [1.807, 2.05) is 68.0 Å². The number of thiophene rings is 6. The predicted octanol–water partition coefficient (Wildman–Crippen LogP) is 12.6. The van der Waals surface area contributed by atoms with Crippen LogP contribution in [0.5, 0.6) is 0 Å². The Morgan fingerprint density at radius 1 is 0.441 bits per heavy atom. The zero-order valence-electron chi connectivity index (χ0n) is 19.8. The minimum absolute atomic E-state index is 1.25. The Kier molecular flexibility index (Phi) is 7.17. The molecule has 0 spiro atoms. The zero-order valence-corrected chi connectivity index (χ0v) is 24.7. The van der Waals surface area contributed by atoms with E-state index in [0.29, 0.717) is 0 Å². The molecule has 0 saturated heterocycles. The molecule has 0 aromatic carbocycles. The SMILES string of the molecule is CCCCCCc1cc2sc3cc(-c4cc5sc6cc(CCCCCC)sc6c5s4)sc3c2s1. The predicted molar refractivity (Wildman–Crippen MR) is 165 cm³/mol. The Labute approximate surface area is 225 Å². The van der Waals surface area contributed by atoms with Crippen molar-refractivity contribution in [3.8, 4) is 9.75 Å². The van der Waals surface area contributed by atoms with Crippen LogP contribution in [-0.2, 0) is 12.8 Å². The van der Waals surface area contributed by atoms with Crippen LogP contribution in [0, 0.1) is 0 Å². The highest BCUT2D eigenvalue weighted by molar-refractivity contribution is 7.42. The van der Waals surface area contributed by atoms with E-state index in [1.165, 1.54) is 112 Å². The van der Waals surface area contributed by atoms with Crippen molar-refractivity contribution in [3.63, 3.8) is 0 Å². The van der Waals surface area contributed by atoms with Crippen LogP contribution in [0.2, 0.25) is 0 Å². The fourth-order valence-corrected chi connectivity index (χ4v) is 13.0. The lowest BCUT2D eigenvalue weighted by atomic mass is 10.1. The van der Waals surface area contributed by atoms with E-state index in [2.05, 4.69) is 38.1 Å². The average Bonchev–Trinajstić information content (AvgIpc) is 3.62. The highest BCUT2D eigenvalue weighted by Crippen LogP contribution is 2.50. The number of hydrogen-bond acceptors (Lipinski definition) is 6. The molecule has 0 N–H and O–H groups in total. The van der Waals surface area contributed by atoms with Gasteiger partial charge in [-0.2, -0.15) is 0 Å². The maximum atomic E-state index is 2.47. The van der Waals surface area contributed by atoms with Crippen LogP contribution in [-0.4, -0.2) is 0 Å². The van der Waals surface area contributed by atoms with Gasteiger partial charge < -0.3 is 0 Å². The van der Waals surface area contributed by atoms with Crippen LogP contribution in [0.15, 0.2) is 24.3 Å². The van der Waals surface area contributed by atoms with Gasteiger partial charge in [-0.3, -0.25) is 0 Å². The Hall–Kier alpha value is -0.760. The van der Waals surface area contributed by atoms with Crippen LogP contribution in [0.25, 0.3) is 47.4 Å². The summed E-state index contributed by atoms with van der Waals surface area (Å²) in [5, 5.41) is 0. The second kappa shape index (κ2) is 10.3. The molecule has 0 saturated carbocycles. The van der Waals surface area contributed by atoms with Crippen LogP contribution < -0.4 is 0 Å². The van der Waals surface area contributed by atoms with Gasteiger partial charge >= 0.3 is 0 Å². The van der Waals surface area contributed by atoms with Gasteiger partial charge in [0.2, 0.25) is 0 Å². The summed E-state index contributed by atoms with van der Waals surface area (Å²) in [4.78, 5) is 6.07. The summed E-state index contributed by atoms with van der Waals surface area (Å²) in [6, 6.07) is 9.85. The molecule has 0 unspecified atom stereocenters. The number of rotatable bonds is 11. The van der Waals surface area contributed by atoms with E-state index in [9.17, 15) is 0 Å². The summed E-state index contributed by atoms with van der Waals surface area (Å²) in [6.07, 6.45) is 13.3. The van der Waals surface area contributed by atoms with Gasteiger partial charge in [-0.1, -0.05) is 52.4 Å². The van der Waals surface area contributed by atoms with Crippen LogP contribution in [0.4, 0.5) is 0 Å². The van der Waals surface area contributed by atoms with Crippen molar-refractivity contribution in [3.05, 3.63) is 34.0 Å². The zero-order chi connectivity index (χ0) is 23.1. The Bertz CT molecular complexity index is 1420. The first kappa shape index (κ1) is 23.6. The maximum absolute atomic E-state index is 2.47. The van der Waals surface area contributed by atoms with Gasteiger partial charge in [0.1, 0.15) is 0 Å². The molecule has 6 rings (SSSR count). The van der Waals surface area contributed by atoms with Crippen molar-refractivity contribution in [1.82, 2.24) is 0 Å². The summed E-state index contributed by atoms with van der Waals surface area (Å²) in [5.74, 6) is 0. The molecule has 6 heterocycles. The van der Waals surface area contributed by atoms with E-state index in [4.69, 9.17) is 0 Å². The molecule has 0 aliphatic rings. The Morgan fingerprint density at radius 2 is 0.853 bits per heavy atom. The van der Waals surface area contributed by atoms with E-state index < -0.39 is 0 Å². The normalized spacial score (nSPS) is 12.4. The summed E-state index contributed by atoms with van der Waals surface area (Å²) in [6.45, 7) is 4.58. The molecule has 0 bridgehead atoms. The van der Waals surface area contributed by atoms with Crippen molar-refractivity contribution in [2.24, 2.45) is 0 Å². The van der Waals surface area contributed by atoms with E-state index in [-0.39, 0.29) is 0 Å². The third kappa shape index (κ3) is 4.55. The fourth-order valence-electron chi connectivity index (χ4n) is 4.71. The fraction of sp³-hybridized carbons (Fsp3) is 0.429. The highest BCUT2D eigenvalue weighted by Gasteiger charge is 2.18. The van der Waals surface area contributed by atoms with Gasteiger partial charge in [0.15, 0.2) is 0 Å². The molecule has 0 aliphatic carbocycles. The number of aryl methyl sites for hydroxylation is 2. The van der Waals surface area contributed by atoms with Crippen molar-refractivity contribution in [1.29, 1.82) is 0 Å². The molecule has 6 aromatic rings. The summed E-state index contributed by atoms with van der Waals surface area (Å²) in [5.41, 5.74) is 0. The molecule has 0 aliphatic heterocycles. The van der Waals surface area contributed by atoms with Crippen molar-refractivity contribution < 1.29 is 0 Å². The summed E-state index contributed by atoms with van der Waals surface area (Å²) < 4.78 is 12.1. The molecule has 6 aromatic heterocycles. The maximum Gasteiger partial charge on any atom is 0.0636 e. The molecular weight excluding hydrogens is 529 g/mol. The standard InChI is InChI=1S/C28H30S6/c1-3-5-7-9-11-17-13-21-25(29-17)27-23(31-21)15-19(33-27)20-16-24-28(34-20)26-22(32-24)14-18(30-26)12-10-8-6-4-2/h13-16H,3-12H2,1-2H3. The monoisotopic (exact) mass is 558 g/mol. The van der Waals surface area contributed by atoms with Gasteiger partial charge in [0, 0.05) is 38.3 Å². The van der Waals surface area contributed by atoms with Crippen LogP contribution in [0.3, 0.4) is 0 Å². The topological polar surface area (TPSA) is 0 Å². The van der Waals surface area contributed by atoms with Gasteiger partial charge in [-0.05, 0) is 49.9 Å². The minimum atomic E-state index is 1.25. The minimum Gasteiger partial charge on any atom is -0.138 e. The van der Waals surface area contributed by atoms with Crippen LogP contribution in [0.1, 0.15) is 75.0 Å². The lowest BCUT2D eigenvalue weighted by molar-refractivity contribution is 0.670. The molecular formula is C28H30S6. The first-order valence-electron chi connectivity index (χ1n) is 12.6. The second-order valence-corrected chi connectivity index (χ2v) is 15.8. The molecule has 0 radical (unpaired) electrons. The molecule has 0 atom stereocenters. The van der Waals surface area contributed by atoms with Gasteiger partial charge in [-0.15, -0.1) is 68.0 Å². The van der Waals surface area contributed by atoms with Crippen molar-refractivity contribution in [2.75, 3.05) is 0 Å². The smallest absolute Gasteiger partial charge is 0.0636 e. The summed E-state index contributed by atoms with van der Waals surface area (Å²) >= 11 is 12.1.